The van der Waals surface area contributed by atoms with Crippen molar-refractivity contribution in [2.45, 2.75) is 32.7 Å². The van der Waals surface area contributed by atoms with E-state index in [0.717, 1.165) is 42.3 Å². The monoisotopic (exact) mass is 287 g/mol. The van der Waals surface area contributed by atoms with Crippen LogP contribution in [0, 0.1) is 0 Å². The molecule has 4 heteroatoms. The molecule has 3 nitrogen and oxygen atoms in total. The third kappa shape index (κ3) is 2.69. The molecule has 1 aromatic carbocycles. The first-order valence-electron chi connectivity index (χ1n) is 7.09. The summed E-state index contributed by atoms with van der Waals surface area (Å²) in [6.07, 6.45) is 2.63. The van der Waals surface area contributed by atoms with Gasteiger partial charge in [-0.25, -0.2) is 9.97 Å². The van der Waals surface area contributed by atoms with E-state index in [1.807, 2.05) is 24.3 Å². The molecule has 0 radical (unpaired) electrons. The Labute approximate surface area is 124 Å². The Morgan fingerprint density at radius 2 is 2.10 bits per heavy atom. The minimum absolute atomic E-state index is 0.702. The van der Waals surface area contributed by atoms with E-state index in [1.165, 1.54) is 17.0 Å². The predicted octanol–water partition coefficient (Wildman–Crippen LogP) is 2.93. The quantitative estimate of drug-likeness (QED) is 0.943. The Morgan fingerprint density at radius 3 is 2.90 bits per heavy atom. The lowest BCUT2D eigenvalue weighted by Gasteiger charge is -2.19. The van der Waals surface area contributed by atoms with E-state index in [0.29, 0.717) is 6.42 Å². The molecule has 2 heterocycles. The second-order valence-electron chi connectivity index (χ2n) is 5.06. The number of aryl methyl sites for hydroxylation is 1. The molecule has 0 saturated heterocycles. The number of nitrogens with one attached hydrogen (secondary N) is 1. The van der Waals surface area contributed by atoms with Crippen molar-refractivity contribution in [3.63, 3.8) is 0 Å². The van der Waals surface area contributed by atoms with Gasteiger partial charge in [-0.1, -0.05) is 36.7 Å². The SMILES string of the molecule is CCc1nc(Cc2ccccc2Cl)nc2c1CNCC2. The zero-order valence-corrected chi connectivity index (χ0v) is 12.4. The molecule has 1 aliphatic heterocycles. The van der Waals surface area contributed by atoms with Gasteiger partial charge in [0.2, 0.25) is 0 Å². The van der Waals surface area contributed by atoms with Crippen LogP contribution in [0.4, 0.5) is 0 Å². The predicted molar refractivity (Wildman–Crippen MR) is 81.1 cm³/mol. The van der Waals surface area contributed by atoms with Gasteiger partial charge in [-0.15, -0.1) is 0 Å². The Kier molecular flexibility index (Phi) is 3.99. The molecular weight excluding hydrogens is 270 g/mol. The number of hydrogen-bond acceptors (Lipinski definition) is 3. The minimum atomic E-state index is 0.702. The van der Waals surface area contributed by atoms with E-state index < -0.39 is 0 Å². The zero-order chi connectivity index (χ0) is 13.9. The van der Waals surface area contributed by atoms with Gasteiger partial charge in [0.1, 0.15) is 5.82 Å². The molecular formula is C16H18ClN3. The molecule has 1 N–H and O–H groups in total. The van der Waals surface area contributed by atoms with Crippen LogP contribution in [0.1, 0.15) is 35.3 Å². The molecule has 104 valence electrons. The molecule has 20 heavy (non-hydrogen) atoms. The molecule has 0 fully saturated rings. The first kappa shape index (κ1) is 13.5. The topological polar surface area (TPSA) is 37.8 Å². The van der Waals surface area contributed by atoms with Gasteiger partial charge >= 0.3 is 0 Å². The van der Waals surface area contributed by atoms with Gasteiger partial charge in [0.05, 0.1) is 5.69 Å². The van der Waals surface area contributed by atoms with Gasteiger partial charge in [0, 0.05) is 42.2 Å². The van der Waals surface area contributed by atoms with Crippen molar-refractivity contribution in [3.05, 3.63) is 57.6 Å². The Morgan fingerprint density at radius 1 is 1.25 bits per heavy atom. The Balaban J connectivity index is 1.96. The molecule has 0 atom stereocenters. The normalized spacial score (nSPS) is 14.1. The van der Waals surface area contributed by atoms with Gasteiger partial charge < -0.3 is 5.32 Å². The van der Waals surface area contributed by atoms with Crippen molar-refractivity contribution in [3.8, 4) is 0 Å². The van der Waals surface area contributed by atoms with E-state index in [9.17, 15) is 0 Å². The molecule has 2 aromatic rings. The number of nitrogens with zero attached hydrogens (tertiary/aromatic N) is 2. The first-order valence-corrected chi connectivity index (χ1v) is 7.47. The van der Waals surface area contributed by atoms with Crippen LogP contribution in [-0.4, -0.2) is 16.5 Å². The standard InChI is InChI=1S/C16H18ClN3/c1-2-14-12-10-18-8-7-15(12)20-16(19-14)9-11-5-3-4-6-13(11)17/h3-6,18H,2,7-10H2,1H3. The summed E-state index contributed by atoms with van der Waals surface area (Å²) in [7, 11) is 0. The highest BCUT2D eigenvalue weighted by Gasteiger charge is 2.16. The van der Waals surface area contributed by atoms with Crippen LogP contribution in [0.2, 0.25) is 5.02 Å². The molecule has 1 aromatic heterocycles. The molecule has 0 saturated carbocycles. The van der Waals surface area contributed by atoms with Crippen LogP contribution in [0.5, 0.6) is 0 Å². The fourth-order valence-electron chi connectivity index (χ4n) is 2.65. The number of aromatic nitrogens is 2. The summed E-state index contributed by atoms with van der Waals surface area (Å²) in [5.74, 6) is 0.885. The lowest BCUT2D eigenvalue weighted by molar-refractivity contribution is 0.611. The molecule has 3 rings (SSSR count). The average molecular weight is 288 g/mol. The third-order valence-electron chi connectivity index (χ3n) is 3.71. The van der Waals surface area contributed by atoms with Gasteiger partial charge in [-0.2, -0.15) is 0 Å². The molecule has 0 bridgehead atoms. The lowest BCUT2D eigenvalue weighted by Crippen LogP contribution is -2.27. The molecule has 0 aliphatic carbocycles. The number of rotatable bonds is 3. The van der Waals surface area contributed by atoms with Gasteiger partial charge in [0.25, 0.3) is 0 Å². The summed E-state index contributed by atoms with van der Waals surface area (Å²) < 4.78 is 0. The van der Waals surface area contributed by atoms with Crippen molar-refractivity contribution in [1.82, 2.24) is 15.3 Å². The van der Waals surface area contributed by atoms with Gasteiger partial charge in [-0.3, -0.25) is 0 Å². The number of fused-ring (bicyclic) bond motifs is 1. The average Bonchev–Trinajstić information content (AvgIpc) is 2.49. The summed E-state index contributed by atoms with van der Waals surface area (Å²) in [5, 5.41) is 4.18. The maximum Gasteiger partial charge on any atom is 0.133 e. The summed E-state index contributed by atoms with van der Waals surface area (Å²) in [5.41, 5.74) is 4.76. The largest absolute Gasteiger partial charge is 0.312 e. The summed E-state index contributed by atoms with van der Waals surface area (Å²) in [6.45, 7) is 4.04. The zero-order valence-electron chi connectivity index (χ0n) is 11.6. The highest BCUT2D eigenvalue weighted by atomic mass is 35.5. The number of hydrogen-bond donors (Lipinski definition) is 1. The summed E-state index contributed by atoms with van der Waals surface area (Å²) in [6, 6.07) is 7.91. The second-order valence-corrected chi connectivity index (χ2v) is 5.47. The maximum atomic E-state index is 6.23. The fourth-order valence-corrected chi connectivity index (χ4v) is 2.86. The van der Waals surface area contributed by atoms with E-state index in [4.69, 9.17) is 21.6 Å². The molecule has 0 unspecified atom stereocenters. The summed E-state index contributed by atoms with van der Waals surface area (Å²) >= 11 is 6.23. The van der Waals surface area contributed by atoms with Crippen molar-refractivity contribution in [1.29, 1.82) is 0 Å². The van der Waals surface area contributed by atoms with Crippen molar-refractivity contribution in [2.75, 3.05) is 6.54 Å². The van der Waals surface area contributed by atoms with Gasteiger partial charge in [0.15, 0.2) is 0 Å². The second kappa shape index (κ2) is 5.90. The Hall–Kier alpha value is -1.45. The number of halogens is 1. The van der Waals surface area contributed by atoms with Crippen LogP contribution in [0.25, 0.3) is 0 Å². The van der Waals surface area contributed by atoms with Crippen LogP contribution in [0.3, 0.4) is 0 Å². The maximum absolute atomic E-state index is 6.23. The third-order valence-corrected chi connectivity index (χ3v) is 4.08. The van der Waals surface area contributed by atoms with Crippen LogP contribution in [-0.2, 0) is 25.8 Å². The smallest absolute Gasteiger partial charge is 0.133 e. The molecule has 0 spiro atoms. The number of benzene rings is 1. The van der Waals surface area contributed by atoms with Crippen LogP contribution in [0.15, 0.2) is 24.3 Å². The van der Waals surface area contributed by atoms with Crippen LogP contribution >= 0.6 is 11.6 Å². The van der Waals surface area contributed by atoms with Gasteiger partial charge in [-0.05, 0) is 18.1 Å². The van der Waals surface area contributed by atoms with Crippen molar-refractivity contribution < 1.29 is 0 Å². The summed E-state index contributed by atoms with van der Waals surface area (Å²) in [4.78, 5) is 9.48. The van der Waals surface area contributed by atoms with Crippen molar-refractivity contribution in [2.24, 2.45) is 0 Å². The first-order chi connectivity index (χ1) is 9.78. The fraction of sp³-hybridized carbons (Fsp3) is 0.375. The van der Waals surface area contributed by atoms with Crippen LogP contribution < -0.4 is 5.32 Å². The lowest BCUT2D eigenvalue weighted by atomic mass is 10.0. The van der Waals surface area contributed by atoms with Crippen molar-refractivity contribution >= 4 is 11.6 Å². The van der Waals surface area contributed by atoms with E-state index >= 15 is 0 Å². The molecule has 0 amide bonds. The van der Waals surface area contributed by atoms with E-state index in [-0.39, 0.29) is 0 Å². The molecule has 1 aliphatic rings. The van der Waals surface area contributed by atoms with E-state index in [1.54, 1.807) is 0 Å². The highest BCUT2D eigenvalue weighted by molar-refractivity contribution is 6.31. The highest BCUT2D eigenvalue weighted by Crippen LogP contribution is 2.20. The van der Waals surface area contributed by atoms with E-state index in [2.05, 4.69) is 12.2 Å². The Bertz CT molecular complexity index is 608. The minimum Gasteiger partial charge on any atom is -0.312 e.